The Labute approximate surface area is 108 Å². The molecule has 2 aromatic carbocycles. The van der Waals surface area contributed by atoms with Crippen LogP contribution in [0.25, 0.3) is 0 Å². The van der Waals surface area contributed by atoms with Gasteiger partial charge < -0.3 is 4.74 Å². The second-order valence-electron chi connectivity index (χ2n) is 4.61. The number of rotatable bonds is 4. The molecule has 0 bridgehead atoms. The summed E-state index contributed by atoms with van der Waals surface area (Å²) < 4.78 is 18.6. The highest BCUT2D eigenvalue weighted by Crippen LogP contribution is 2.11. The van der Waals surface area contributed by atoms with E-state index in [1.54, 1.807) is 12.1 Å². The number of ether oxygens (including phenoxy) is 1. The summed E-state index contributed by atoms with van der Waals surface area (Å²) in [6.07, 6.45) is 0. The van der Waals surface area contributed by atoms with Gasteiger partial charge in [-0.2, -0.15) is 0 Å². The van der Waals surface area contributed by atoms with E-state index in [0.717, 1.165) is 11.3 Å². The molecule has 1 nitrogen and oxygen atoms in total. The topological polar surface area (TPSA) is 9.23 Å². The smallest absolute Gasteiger partial charge is 0.174 e. The molecule has 0 saturated heterocycles. The minimum Gasteiger partial charge on any atom is -0.489 e. The van der Waals surface area contributed by atoms with Crippen LogP contribution in [-0.4, -0.2) is 6.71 Å². The molecule has 0 aliphatic rings. The van der Waals surface area contributed by atoms with Gasteiger partial charge in [0.25, 0.3) is 0 Å². The van der Waals surface area contributed by atoms with Crippen LogP contribution in [0.1, 0.15) is 5.56 Å². The van der Waals surface area contributed by atoms with Crippen LogP contribution >= 0.6 is 0 Å². The Bertz CT molecular complexity index is 508. The van der Waals surface area contributed by atoms with Gasteiger partial charge in [-0.1, -0.05) is 44.0 Å². The van der Waals surface area contributed by atoms with E-state index >= 15 is 0 Å². The molecule has 0 aromatic heterocycles. The lowest BCUT2D eigenvalue weighted by Gasteiger charge is -2.12. The van der Waals surface area contributed by atoms with Crippen molar-refractivity contribution in [1.29, 1.82) is 0 Å². The first kappa shape index (κ1) is 12.7. The third-order valence-electron chi connectivity index (χ3n) is 2.85. The van der Waals surface area contributed by atoms with Gasteiger partial charge in [0.2, 0.25) is 0 Å². The summed E-state index contributed by atoms with van der Waals surface area (Å²) in [6.45, 7) is 5.17. The molecule has 0 spiro atoms. The van der Waals surface area contributed by atoms with Crippen LogP contribution in [0.3, 0.4) is 0 Å². The van der Waals surface area contributed by atoms with Crippen LogP contribution in [0.2, 0.25) is 13.6 Å². The fourth-order valence-corrected chi connectivity index (χ4v) is 1.83. The van der Waals surface area contributed by atoms with Gasteiger partial charge >= 0.3 is 0 Å². The Balaban J connectivity index is 2.08. The molecule has 0 aliphatic carbocycles. The first-order chi connectivity index (χ1) is 8.66. The molecule has 0 fully saturated rings. The molecule has 0 unspecified atom stereocenters. The fourth-order valence-electron chi connectivity index (χ4n) is 1.83. The molecule has 2 rings (SSSR count). The lowest BCUT2D eigenvalue weighted by atomic mass is 9.49. The largest absolute Gasteiger partial charge is 0.489 e. The summed E-state index contributed by atoms with van der Waals surface area (Å²) in [5, 5.41) is 0. The molecule has 0 N–H and O–H groups in total. The Kier molecular flexibility index (Phi) is 4.03. The van der Waals surface area contributed by atoms with Gasteiger partial charge in [0, 0.05) is 0 Å². The number of benzene rings is 2. The van der Waals surface area contributed by atoms with Crippen LogP contribution < -0.4 is 10.2 Å². The van der Waals surface area contributed by atoms with Crippen molar-refractivity contribution in [3.8, 4) is 5.75 Å². The molecule has 0 atom stereocenters. The average Bonchev–Trinajstić information content (AvgIpc) is 2.38. The van der Waals surface area contributed by atoms with E-state index in [1.165, 1.54) is 17.6 Å². The number of hydrogen-bond donors (Lipinski definition) is 0. The maximum absolute atomic E-state index is 12.8. The van der Waals surface area contributed by atoms with E-state index in [-0.39, 0.29) is 5.82 Å². The zero-order valence-electron chi connectivity index (χ0n) is 10.7. The maximum atomic E-state index is 12.8. The van der Waals surface area contributed by atoms with Gasteiger partial charge in [0.1, 0.15) is 18.2 Å². The maximum Gasteiger partial charge on any atom is 0.174 e. The van der Waals surface area contributed by atoms with Gasteiger partial charge in [0.15, 0.2) is 6.71 Å². The molecule has 92 valence electrons. The summed E-state index contributed by atoms with van der Waals surface area (Å²) in [5.41, 5.74) is 2.16. The fraction of sp³-hybridized carbons (Fsp3) is 0.200. The molecule has 0 saturated carbocycles. The number of hydrogen-bond acceptors (Lipinski definition) is 1. The van der Waals surface area contributed by atoms with Crippen molar-refractivity contribution in [1.82, 2.24) is 0 Å². The average molecular weight is 242 g/mol. The standard InChI is InChI=1S/C15H16BFO/c1-16(2)14-5-3-4-6-15(14)18-11-12-7-9-13(17)10-8-12/h3-10H,11H2,1-2H3. The molecule has 3 heteroatoms. The molecule has 0 aliphatic heterocycles. The van der Waals surface area contributed by atoms with Gasteiger partial charge in [-0.05, 0) is 29.2 Å². The van der Waals surface area contributed by atoms with Crippen molar-refractivity contribution in [2.24, 2.45) is 0 Å². The van der Waals surface area contributed by atoms with Crippen molar-refractivity contribution >= 4 is 12.2 Å². The molecule has 0 heterocycles. The normalized spacial score (nSPS) is 10.2. The van der Waals surface area contributed by atoms with Gasteiger partial charge in [0.05, 0.1) is 0 Å². The summed E-state index contributed by atoms with van der Waals surface area (Å²) in [4.78, 5) is 0. The highest BCUT2D eigenvalue weighted by atomic mass is 19.1. The van der Waals surface area contributed by atoms with E-state index < -0.39 is 0 Å². The van der Waals surface area contributed by atoms with E-state index in [2.05, 4.69) is 19.7 Å². The Morgan fingerprint density at radius 2 is 1.67 bits per heavy atom. The second-order valence-corrected chi connectivity index (χ2v) is 4.61. The van der Waals surface area contributed by atoms with Crippen LogP contribution in [0.4, 0.5) is 4.39 Å². The van der Waals surface area contributed by atoms with Gasteiger partial charge in [-0.15, -0.1) is 0 Å². The first-order valence-corrected chi connectivity index (χ1v) is 6.13. The second kappa shape index (κ2) is 5.72. The van der Waals surface area contributed by atoms with E-state index in [0.29, 0.717) is 13.3 Å². The minimum atomic E-state index is -0.221. The molecular formula is C15H16BFO. The predicted octanol–water partition coefficient (Wildman–Crippen LogP) is 3.37. The van der Waals surface area contributed by atoms with Crippen molar-refractivity contribution in [3.05, 3.63) is 59.9 Å². The first-order valence-electron chi connectivity index (χ1n) is 6.13. The summed E-state index contributed by atoms with van der Waals surface area (Å²) >= 11 is 0. The molecule has 18 heavy (non-hydrogen) atoms. The quantitative estimate of drug-likeness (QED) is 0.747. The van der Waals surface area contributed by atoms with Crippen molar-refractivity contribution < 1.29 is 9.13 Å². The Hall–Kier alpha value is -1.77. The summed E-state index contributed by atoms with van der Waals surface area (Å²) in [7, 11) is 0. The van der Waals surface area contributed by atoms with Crippen LogP contribution in [0.15, 0.2) is 48.5 Å². The molecule has 0 radical (unpaired) electrons. The third kappa shape index (κ3) is 3.13. The van der Waals surface area contributed by atoms with Gasteiger partial charge in [-0.25, -0.2) is 4.39 Å². The molecule has 2 aromatic rings. The minimum absolute atomic E-state index is 0.221. The third-order valence-corrected chi connectivity index (χ3v) is 2.85. The lowest BCUT2D eigenvalue weighted by molar-refractivity contribution is 0.308. The van der Waals surface area contributed by atoms with Gasteiger partial charge in [-0.3, -0.25) is 0 Å². The van der Waals surface area contributed by atoms with Crippen LogP contribution in [0, 0.1) is 5.82 Å². The van der Waals surface area contributed by atoms with E-state index in [1.807, 2.05) is 18.2 Å². The van der Waals surface area contributed by atoms with E-state index in [4.69, 9.17) is 4.74 Å². The predicted molar refractivity (Wildman–Crippen MR) is 74.3 cm³/mol. The Morgan fingerprint density at radius 3 is 2.33 bits per heavy atom. The zero-order chi connectivity index (χ0) is 13.0. The monoisotopic (exact) mass is 242 g/mol. The number of halogens is 1. The lowest BCUT2D eigenvalue weighted by Crippen LogP contribution is -2.24. The highest BCUT2D eigenvalue weighted by Gasteiger charge is 2.09. The summed E-state index contributed by atoms with van der Waals surface area (Å²) in [5.74, 6) is 0.679. The van der Waals surface area contributed by atoms with Crippen LogP contribution in [0.5, 0.6) is 5.75 Å². The Morgan fingerprint density at radius 1 is 1.00 bits per heavy atom. The molecule has 0 amide bonds. The summed E-state index contributed by atoms with van der Waals surface area (Å²) in [6, 6.07) is 14.4. The van der Waals surface area contributed by atoms with E-state index in [9.17, 15) is 4.39 Å². The number of para-hydroxylation sites is 1. The van der Waals surface area contributed by atoms with Crippen LogP contribution in [-0.2, 0) is 6.61 Å². The SMILES string of the molecule is CB(C)c1ccccc1OCc1ccc(F)cc1. The zero-order valence-corrected chi connectivity index (χ0v) is 10.7. The van der Waals surface area contributed by atoms with Crippen molar-refractivity contribution in [2.45, 2.75) is 20.3 Å². The molecular weight excluding hydrogens is 226 g/mol. The van der Waals surface area contributed by atoms with Crippen molar-refractivity contribution in [3.63, 3.8) is 0 Å². The van der Waals surface area contributed by atoms with Crippen molar-refractivity contribution in [2.75, 3.05) is 0 Å². The highest BCUT2D eigenvalue weighted by molar-refractivity contribution is 6.71.